The summed E-state index contributed by atoms with van der Waals surface area (Å²) in [6.45, 7) is 3.22. The second kappa shape index (κ2) is 6.27. The Bertz CT molecular complexity index is 486. The SMILES string of the molecule is CNC(C)c1ccc(N2CCCC3CCCCC32)cc1O. The zero-order chi connectivity index (χ0) is 14.8. The Hall–Kier alpha value is -1.22. The third-order valence-electron chi connectivity index (χ3n) is 5.49. The summed E-state index contributed by atoms with van der Waals surface area (Å²) in [5, 5.41) is 13.5. The summed E-state index contributed by atoms with van der Waals surface area (Å²) in [6, 6.07) is 7.13. The van der Waals surface area contributed by atoms with Crippen LogP contribution in [0.2, 0.25) is 0 Å². The van der Waals surface area contributed by atoms with Crippen LogP contribution in [-0.4, -0.2) is 24.7 Å². The molecule has 3 nitrogen and oxygen atoms in total. The molecule has 0 spiro atoms. The minimum absolute atomic E-state index is 0.183. The molecule has 0 amide bonds. The van der Waals surface area contributed by atoms with Crippen molar-refractivity contribution in [1.82, 2.24) is 5.32 Å². The van der Waals surface area contributed by atoms with Gasteiger partial charge in [0.15, 0.2) is 0 Å². The standard InChI is InChI=1S/C18H28N2O/c1-13(19-2)16-10-9-15(12-18(16)21)20-11-5-7-14-6-3-4-8-17(14)20/h9-10,12-14,17,19,21H,3-8,11H2,1-2H3. The third-order valence-corrected chi connectivity index (χ3v) is 5.49. The molecule has 0 radical (unpaired) electrons. The first-order chi connectivity index (χ1) is 10.2. The van der Waals surface area contributed by atoms with E-state index in [2.05, 4.69) is 29.3 Å². The van der Waals surface area contributed by atoms with Gasteiger partial charge in [0.05, 0.1) is 0 Å². The van der Waals surface area contributed by atoms with Crippen LogP contribution in [0.5, 0.6) is 5.75 Å². The second-order valence-corrected chi connectivity index (χ2v) is 6.70. The number of rotatable bonds is 3. The molecule has 1 saturated carbocycles. The molecule has 3 rings (SSSR count). The first kappa shape index (κ1) is 14.7. The predicted molar refractivity (Wildman–Crippen MR) is 87.9 cm³/mol. The molecule has 2 fully saturated rings. The molecule has 2 N–H and O–H groups in total. The molecule has 3 atom stereocenters. The van der Waals surface area contributed by atoms with Crippen LogP contribution >= 0.6 is 0 Å². The highest BCUT2D eigenvalue weighted by molar-refractivity contribution is 5.55. The average Bonchev–Trinajstić information content (AvgIpc) is 2.53. The fourth-order valence-corrected chi connectivity index (χ4v) is 4.18. The Labute approximate surface area is 128 Å². The van der Waals surface area contributed by atoms with Crippen LogP contribution in [0.1, 0.15) is 57.1 Å². The van der Waals surface area contributed by atoms with Crippen LogP contribution in [0.25, 0.3) is 0 Å². The molecule has 0 aromatic heterocycles. The van der Waals surface area contributed by atoms with E-state index in [0.29, 0.717) is 11.8 Å². The van der Waals surface area contributed by atoms with Crippen LogP contribution in [-0.2, 0) is 0 Å². The normalized spacial score (nSPS) is 27.2. The zero-order valence-corrected chi connectivity index (χ0v) is 13.3. The maximum Gasteiger partial charge on any atom is 0.122 e. The molecule has 1 heterocycles. The summed E-state index contributed by atoms with van der Waals surface area (Å²) in [6.07, 6.45) is 8.15. The highest BCUT2D eigenvalue weighted by Gasteiger charge is 2.33. The zero-order valence-electron chi connectivity index (χ0n) is 13.3. The molecule has 3 unspecified atom stereocenters. The molecule has 1 aromatic rings. The minimum atomic E-state index is 0.183. The van der Waals surface area contributed by atoms with Crippen LogP contribution in [0, 0.1) is 5.92 Å². The summed E-state index contributed by atoms with van der Waals surface area (Å²) < 4.78 is 0. The summed E-state index contributed by atoms with van der Waals surface area (Å²) in [5.41, 5.74) is 2.19. The van der Waals surface area contributed by atoms with Crippen molar-refractivity contribution in [1.29, 1.82) is 0 Å². The van der Waals surface area contributed by atoms with E-state index >= 15 is 0 Å². The molecule has 1 aliphatic carbocycles. The summed E-state index contributed by atoms with van der Waals surface area (Å²) in [7, 11) is 1.93. The van der Waals surface area contributed by atoms with Crippen molar-refractivity contribution >= 4 is 5.69 Å². The first-order valence-electron chi connectivity index (χ1n) is 8.47. The van der Waals surface area contributed by atoms with Crippen molar-refractivity contribution in [3.63, 3.8) is 0 Å². The number of nitrogens with zero attached hydrogens (tertiary/aromatic N) is 1. The summed E-state index contributed by atoms with van der Waals surface area (Å²) in [5.74, 6) is 1.29. The Kier molecular flexibility index (Phi) is 4.39. The lowest BCUT2D eigenvalue weighted by Gasteiger charge is -2.45. The summed E-state index contributed by atoms with van der Waals surface area (Å²) in [4.78, 5) is 2.56. The highest BCUT2D eigenvalue weighted by Crippen LogP contribution is 2.39. The highest BCUT2D eigenvalue weighted by atomic mass is 16.3. The van der Waals surface area contributed by atoms with Gasteiger partial charge in [-0.1, -0.05) is 18.9 Å². The van der Waals surface area contributed by atoms with E-state index in [1.165, 1.54) is 44.2 Å². The van der Waals surface area contributed by atoms with Gasteiger partial charge in [-0.05, 0) is 51.6 Å². The fourth-order valence-electron chi connectivity index (χ4n) is 4.18. The quantitative estimate of drug-likeness (QED) is 0.887. The molecule has 1 saturated heterocycles. The number of phenols is 1. The van der Waals surface area contributed by atoms with E-state index in [1.54, 1.807) is 0 Å². The van der Waals surface area contributed by atoms with Crippen LogP contribution in [0.15, 0.2) is 18.2 Å². The number of anilines is 1. The Balaban J connectivity index is 1.84. The number of hydrogen-bond acceptors (Lipinski definition) is 3. The molecule has 2 aliphatic rings. The molecule has 0 bridgehead atoms. The maximum absolute atomic E-state index is 10.4. The van der Waals surface area contributed by atoms with Crippen LogP contribution in [0.4, 0.5) is 5.69 Å². The number of piperidine rings is 1. The van der Waals surface area contributed by atoms with Gasteiger partial charge in [0.1, 0.15) is 5.75 Å². The van der Waals surface area contributed by atoms with Crippen molar-refractivity contribution in [3.8, 4) is 5.75 Å². The monoisotopic (exact) mass is 288 g/mol. The van der Waals surface area contributed by atoms with Gasteiger partial charge in [0.25, 0.3) is 0 Å². The fraction of sp³-hybridized carbons (Fsp3) is 0.667. The Morgan fingerprint density at radius 3 is 2.71 bits per heavy atom. The first-order valence-corrected chi connectivity index (χ1v) is 8.47. The van der Waals surface area contributed by atoms with Crippen molar-refractivity contribution in [2.45, 2.75) is 57.5 Å². The van der Waals surface area contributed by atoms with Crippen LogP contribution < -0.4 is 10.2 Å². The lowest BCUT2D eigenvalue weighted by Crippen LogP contribution is -2.46. The van der Waals surface area contributed by atoms with E-state index in [-0.39, 0.29) is 6.04 Å². The Morgan fingerprint density at radius 2 is 1.95 bits per heavy atom. The molecule has 1 aliphatic heterocycles. The van der Waals surface area contributed by atoms with E-state index < -0.39 is 0 Å². The Morgan fingerprint density at radius 1 is 1.19 bits per heavy atom. The third kappa shape index (κ3) is 2.89. The minimum Gasteiger partial charge on any atom is -0.508 e. The van der Waals surface area contributed by atoms with Gasteiger partial charge in [-0.15, -0.1) is 0 Å². The topological polar surface area (TPSA) is 35.5 Å². The van der Waals surface area contributed by atoms with Gasteiger partial charge in [-0.25, -0.2) is 0 Å². The lowest BCUT2D eigenvalue weighted by atomic mass is 9.78. The van der Waals surface area contributed by atoms with Crippen molar-refractivity contribution < 1.29 is 5.11 Å². The number of hydrogen-bond donors (Lipinski definition) is 2. The molecule has 21 heavy (non-hydrogen) atoms. The van der Waals surface area contributed by atoms with Crippen molar-refractivity contribution in [2.24, 2.45) is 5.92 Å². The van der Waals surface area contributed by atoms with Gasteiger partial charge in [0.2, 0.25) is 0 Å². The van der Waals surface area contributed by atoms with E-state index in [9.17, 15) is 5.11 Å². The van der Waals surface area contributed by atoms with E-state index in [4.69, 9.17) is 0 Å². The van der Waals surface area contributed by atoms with E-state index in [1.807, 2.05) is 13.1 Å². The smallest absolute Gasteiger partial charge is 0.122 e. The number of aromatic hydroxyl groups is 1. The average molecular weight is 288 g/mol. The predicted octanol–water partition coefficient (Wildman–Crippen LogP) is 3.83. The second-order valence-electron chi connectivity index (χ2n) is 6.70. The summed E-state index contributed by atoms with van der Waals surface area (Å²) >= 11 is 0. The van der Waals surface area contributed by atoms with Crippen molar-refractivity contribution in [2.75, 3.05) is 18.5 Å². The molecular formula is C18H28N2O. The van der Waals surface area contributed by atoms with Gasteiger partial charge >= 0.3 is 0 Å². The molecule has 116 valence electrons. The largest absolute Gasteiger partial charge is 0.508 e. The molecular weight excluding hydrogens is 260 g/mol. The number of benzene rings is 1. The van der Waals surface area contributed by atoms with Gasteiger partial charge < -0.3 is 15.3 Å². The van der Waals surface area contributed by atoms with E-state index in [0.717, 1.165) is 18.0 Å². The van der Waals surface area contributed by atoms with Gasteiger partial charge in [0, 0.05) is 35.9 Å². The number of fused-ring (bicyclic) bond motifs is 1. The van der Waals surface area contributed by atoms with Gasteiger partial charge in [-0.2, -0.15) is 0 Å². The molecule has 3 heteroatoms. The number of phenolic OH excluding ortho intramolecular Hbond substituents is 1. The lowest BCUT2D eigenvalue weighted by molar-refractivity contribution is 0.243. The van der Waals surface area contributed by atoms with Crippen molar-refractivity contribution in [3.05, 3.63) is 23.8 Å². The number of nitrogens with one attached hydrogen (secondary N) is 1. The van der Waals surface area contributed by atoms with Gasteiger partial charge in [-0.3, -0.25) is 0 Å². The van der Waals surface area contributed by atoms with Crippen LogP contribution in [0.3, 0.4) is 0 Å². The molecule has 1 aromatic carbocycles. The maximum atomic E-state index is 10.4.